The van der Waals surface area contributed by atoms with Gasteiger partial charge >= 0.3 is 0 Å². The Morgan fingerprint density at radius 2 is 1.95 bits per heavy atom. The summed E-state index contributed by atoms with van der Waals surface area (Å²) in [6.45, 7) is 0.505. The molecule has 0 unspecified atom stereocenters. The van der Waals surface area contributed by atoms with Gasteiger partial charge in [-0.1, -0.05) is 12.1 Å². The molecule has 1 amide bonds. The van der Waals surface area contributed by atoms with Crippen molar-refractivity contribution in [2.75, 3.05) is 6.54 Å². The Kier molecular flexibility index (Phi) is 5.64. The van der Waals surface area contributed by atoms with Crippen LogP contribution in [0.3, 0.4) is 0 Å². The minimum atomic E-state index is -3.66. The zero-order chi connectivity index (χ0) is 16.0. The van der Waals surface area contributed by atoms with Gasteiger partial charge < -0.3 is 5.32 Å². The van der Waals surface area contributed by atoms with Gasteiger partial charge in [0.15, 0.2) is 0 Å². The second-order valence-electron chi connectivity index (χ2n) is 4.77. The predicted octanol–water partition coefficient (Wildman–Crippen LogP) is 1.08. The number of amides is 1. The lowest BCUT2D eigenvalue weighted by atomic mass is 10.1. The van der Waals surface area contributed by atoms with Gasteiger partial charge in [-0.2, -0.15) is 0 Å². The van der Waals surface area contributed by atoms with Crippen molar-refractivity contribution in [1.29, 1.82) is 0 Å². The molecule has 0 spiro atoms. The van der Waals surface area contributed by atoms with Crippen molar-refractivity contribution < 1.29 is 13.2 Å². The number of rotatable bonds is 7. The molecule has 8 heteroatoms. The lowest BCUT2D eigenvalue weighted by Crippen LogP contribution is -2.25. The third kappa shape index (κ3) is 5.21. The van der Waals surface area contributed by atoms with Crippen LogP contribution in [0, 0.1) is 0 Å². The summed E-state index contributed by atoms with van der Waals surface area (Å²) in [6.07, 6.45) is 1.68. The Labute approximate surface area is 133 Å². The lowest BCUT2D eigenvalue weighted by Gasteiger charge is -2.05. The van der Waals surface area contributed by atoms with Gasteiger partial charge in [0, 0.05) is 18.3 Å². The highest BCUT2D eigenvalue weighted by Crippen LogP contribution is 2.09. The van der Waals surface area contributed by atoms with E-state index < -0.39 is 10.0 Å². The minimum Gasteiger partial charge on any atom is -0.356 e. The third-order valence-electron chi connectivity index (χ3n) is 3.08. The summed E-state index contributed by atoms with van der Waals surface area (Å²) in [5.41, 5.74) is 3.62. The first-order valence-electron chi connectivity index (χ1n) is 6.70. The van der Waals surface area contributed by atoms with Gasteiger partial charge in [-0.05, 0) is 30.5 Å². The molecule has 1 aromatic heterocycles. The normalized spacial score (nSPS) is 11.3. The molecule has 22 heavy (non-hydrogen) atoms. The van der Waals surface area contributed by atoms with Crippen molar-refractivity contribution in [2.24, 2.45) is 5.14 Å². The monoisotopic (exact) mass is 339 g/mol. The van der Waals surface area contributed by atoms with E-state index in [1.165, 1.54) is 23.5 Å². The van der Waals surface area contributed by atoms with Crippen LogP contribution >= 0.6 is 11.3 Å². The molecular formula is C14H17N3O3S2. The van der Waals surface area contributed by atoms with Crippen molar-refractivity contribution in [3.05, 3.63) is 46.4 Å². The summed E-state index contributed by atoms with van der Waals surface area (Å²) in [7, 11) is -3.66. The fourth-order valence-electron chi connectivity index (χ4n) is 1.88. The van der Waals surface area contributed by atoms with E-state index >= 15 is 0 Å². The van der Waals surface area contributed by atoms with Gasteiger partial charge in [0.1, 0.15) is 0 Å². The largest absolute Gasteiger partial charge is 0.356 e. The first-order valence-corrected chi connectivity index (χ1v) is 9.19. The number of nitrogens with one attached hydrogen (secondary N) is 1. The van der Waals surface area contributed by atoms with Crippen LogP contribution in [0.4, 0.5) is 0 Å². The SMILES string of the molecule is NS(=O)(=O)c1ccc(CCNC(=O)CCc2cscn2)cc1. The molecule has 0 saturated carbocycles. The van der Waals surface area contributed by atoms with E-state index in [1.54, 1.807) is 17.6 Å². The highest BCUT2D eigenvalue weighted by atomic mass is 32.2. The molecule has 2 rings (SSSR count). The summed E-state index contributed by atoms with van der Waals surface area (Å²) < 4.78 is 22.3. The molecule has 0 aliphatic heterocycles. The number of thiazole rings is 1. The van der Waals surface area contributed by atoms with Crippen LogP contribution in [0.5, 0.6) is 0 Å². The van der Waals surface area contributed by atoms with E-state index in [4.69, 9.17) is 5.14 Å². The highest BCUT2D eigenvalue weighted by molar-refractivity contribution is 7.89. The van der Waals surface area contributed by atoms with Gasteiger partial charge in [0.05, 0.1) is 16.1 Å². The average Bonchev–Trinajstić information content (AvgIpc) is 2.98. The second kappa shape index (κ2) is 7.48. The number of hydrogen-bond donors (Lipinski definition) is 2. The lowest BCUT2D eigenvalue weighted by molar-refractivity contribution is -0.121. The molecule has 118 valence electrons. The van der Waals surface area contributed by atoms with E-state index in [2.05, 4.69) is 10.3 Å². The maximum atomic E-state index is 11.7. The van der Waals surface area contributed by atoms with Crippen molar-refractivity contribution >= 4 is 27.3 Å². The van der Waals surface area contributed by atoms with Crippen LogP contribution in [0.15, 0.2) is 40.1 Å². The summed E-state index contributed by atoms with van der Waals surface area (Å²) >= 11 is 1.51. The zero-order valence-electron chi connectivity index (χ0n) is 11.9. The van der Waals surface area contributed by atoms with Gasteiger partial charge in [0.25, 0.3) is 0 Å². The zero-order valence-corrected chi connectivity index (χ0v) is 13.5. The molecule has 1 aromatic carbocycles. The van der Waals surface area contributed by atoms with E-state index in [-0.39, 0.29) is 10.8 Å². The number of hydrogen-bond acceptors (Lipinski definition) is 5. The topological polar surface area (TPSA) is 102 Å². The van der Waals surface area contributed by atoms with Crippen molar-refractivity contribution in [3.8, 4) is 0 Å². The second-order valence-corrected chi connectivity index (χ2v) is 7.05. The Bertz CT molecular complexity index is 710. The van der Waals surface area contributed by atoms with Gasteiger partial charge in [-0.3, -0.25) is 4.79 Å². The van der Waals surface area contributed by atoms with Gasteiger partial charge in [-0.15, -0.1) is 11.3 Å². The molecule has 0 aliphatic carbocycles. The summed E-state index contributed by atoms with van der Waals surface area (Å²) in [5.74, 6) is -0.0193. The van der Waals surface area contributed by atoms with Gasteiger partial charge in [-0.25, -0.2) is 18.5 Å². The molecule has 1 heterocycles. The van der Waals surface area contributed by atoms with Crippen LogP contribution in [0.1, 0.15) is 17.7 Å². The van der Waals surface area contributed by atoms with Gasteiger partial charge in [0.2, 0.25) is 15.9 Å². The fraction of sp³-hybridized carbons (Fsp3) is 0.286. The number of carbonyl (C=O) groups is 1. The molecule has 0 fully saturated rings. The molecule has 0 radical (unpaired) electrons. The molecular weight excluding hydrogens is 322 g/mol. The van der Waals surface area contributed by atoms with E-state index in [9.17, 15) is 13.2 Å². The molecule has 0 saturated heterocycles. The smallest absolute Gasteiger partial charge is 0.238 e. The van der Waals surface area contributed by atoms with Crippen molar-refractivity contribution in [2.45, 2.75) is 24.2 Å². The molecule has 2 aromatic rings. The van der Waals surface area contributed by atoms with Crippen LogP contribution in [0.25, 0.3) is 0 Å². The maximum absolute atomic E-state index is 11.7. The standard InChI is InChI=1S/C14H17N3O3S2/c15-22(19,20)13-4-1-11(2-5-13)7-8-16-14(18)6-3-12-9-21-10-17-12/h1-2,4-5,9-10H,3,6-8H2,(H,16,18)(H2,15,19,20). The minimum absolute atomic E-state index is 0.0193. The average molecular weight is 339 g/mol. The van der Waals surface area contributed by atoms with E-state index in [0.29, 0.717) is 25.8 Å². The predicted molar refractivity (Wildman–Crippen MR) is 85.0 cm³/mol. The molecule has 0 aliphatic rings. The number of carbonyl (C=O) groups excluding carboxylic acids is 1. The number of benzene rings is 1. The van der Waals surface area contributed by atoms with E-state index in [0.717, 1.165) is 11.3 Å². The van der Waals surface area contributed by atoms with Crippen molar-refractivity contribution in [3.63, 3.8) is 0 Å². The Morgan fingerprint density at radius 3 is 2.55 bits per heavy atom. The number of aromatic nitrogens is 1. The van der Waals surface area contributed by atoms with Crippen molar-refractivity contribution in [1.82, 2.24) is 10.3 Å². The van der Waals surface area contributed by atoms with E-state index in [1.807, 2.05) is 5.38 Å². The number of aryl methyl sites for hydroxylation is 1. The molecule has 3 N–H and O–H groups in total. The maximum Gasteiger partial charge on any atom is 0.238 e. The number of sulfonamides is 1. The first kappa shape index (κ1) is 16.6. The molecule has 6 nitrogen and oxygen atoms in total. The Hall–Kier alpha value is -1.77. The Balaban J connectivity index is 1.73. The summed E-state index contributed by atoms with van der Waals surface area (Å²) in [5, 5.41) is 9.79. The molecule has 0 bridgehead atoms. The van der Waals surface area contributed by atoms with Crippen LogP contribution in [0.2, 0.25) is 0 Å². The fourth-order valence-corrected chi connectivity index (χ4v) is 2.99. The van der Waals surface area contributed by atoms with Crippen LogP contribution in [-0.4, -0.2) is 25.9 Å². The summed E-state index contributed by atoms with van der Waals surface area (Å²) in [6, 6.07) is 6.33. The quantitative estimate of drug-likeness (QED) is 0.788. The number of nitrogens with zero attached hydrogens (tertiary/aromatic N) is 1. The number of nitrogens with two attached hydrogens (primary N) is 1. The highest BCUT2D eigenvalue weighted by Gasteiger charge is 2.07. The molecule has 0 atom stereocenters. The Morgan fingerprint density at radius 1 is 1.23 bits per heavy atom. The summed E-state index contributed by atoms with van der Waals surface area (Å²) in [4.78, 5) is 15.9. The first-order chi connectivity index (χ1) is 10.4. The van der Waals surface area contributed by atoms with Crippen LogP contribution in [-0.2, 0) is 27.7 Å². The third-order valence-corrected chi connectivity index (χ3v) is 4.64. The number of primary sulfonamides is 1. The van der Waals surface area contributed by atoms with Crippen LogP contribution < -0.4 is 10.5 Å².